The van der Waals surface area contributed by atoms with Gasteiger partial charge in [0.25, 0.3) is 5.56 Å². The third kappa shape index (κ3) is 6.61. The van der Waals surface area contributed by atoms with E-state index in [1.807, 2.05) is 30.3 Å². The van der Waals surface area contributed by atoms with E-state index < -0.39 is 0 Å². The molecule has 0 saturated carbocycles. The van der Waals surface area contributed by atoms with Crippen molar-refractivity contribution < 1.29 is 14.3 Å². The van der Waals surface area contributed by atoms with Gasteiger partial charge in [0.15, 0.2) is 0 Å². The van der Waals surface area contributed by atoms with Gasteiger partial charge in [0.2, 0.25) is 11.9 Å². The largest absolute Gasteiger partial charge is 0.495 e. The van der Waals surface area contributed by atoms with Crippen molar-refractivity contribution in [3.63, 3.8) is 0 Å². The normalized spacial score (nSPS) is 14.0. The maximum atomic E-state index is 14.2. The van der Waals surface area contributed by atoms with Gasteiger partial charge >= 0.3 is 0 Å². The van der Waals surface area contributed by atoms with Crippen LogP contribution in [0.5, 0.6) is 11.5 Å². The van der Waals surface area contributed by atoms with Crippen LogP contribution in [0.3, 0.4) is 0 Å². The summed E-state index contributed by atoms with van der Waals surface area (Å²) in [5.41, 5.74) is 1.56. The number of likely N-dealkylation sites (tertiary alicyclic amines) is 1. The molecule has 0 unspecified atom stereocenters. The number of aromatic nitrogens is 3. The number of halogens is 2. The molecule has 1 saturated heterocycles. The molecule has 0 atom stereocenters. The lowest BCUT2D eigenvalue weighted by Gasteiger charge is -2.32. The number of nitrogens with zero attached hydrogens (tertiary/aromatic N) is 4. The number of nitrogens with one attached hydrogen (secondary N) is 2. The van der Waals surface area contributed by atoms with E-state index in [1.165, 1.54) is 20.3 Å². The smallest absolute Gasteiger partial charge is 0.260 e. The highest BCUT2D eigenvalue weighted by Crippen LogP contribution is 2.45. The van der Waals surface area contributed by atoms with Crippen LogP contribution in [0.1, 0.15) is 12.8 Å². The highest BCUT2D eigenvalue weighted by Gasteiger charge is 2.24. The summed E-state index contributed by atoms with van der Waals surface area (Å²) in [6.45, 7) is 6.02. The molecule has 2 aromatic heterocycles. The summed E-state index contributed by atoms with van der Waals surface area (Å²) < 4.78 is 12.5. The number of para-hydroxylation sites is 1. The van der Waals surface area contributed by atoms with E-state index in [-0.39, 0.29) is 33.1 Å². The molecule has 43 heavy (non-hydrogen) atoms. The fraction of sp³-hybridized carbons (Fsp3) is 0.290. The summed E-state index contributed by atoms with van der Waals surface area (Å²) >= 11 is 13.5. The Morgan fingerprint density at radius 1 is 1.07 bits per heavy atom. The van der Waals surface area contributed by atoms with Crippen molar-refractivity contribution in [2.45, 2.75) is 25.4 Å². The summed E-state index contributed by atoms with van der Waals surface area (Å²) in [6.07, 6.45) is 4.56. The number of fused-ring (bicyclic) bond motifs is 1. The van der Waals surface area contributed by atoms with E-state index >= 15 is 0 Å². The Bertz CT molecular complexity index is 1680. The number of benzene rings is 2. The first-order valence-electron chi connectivity index (χ1n) is 13.8. The SMILES string of the molecule is C=CC(=O)NC1CCN(CCn2c(=O)c(-c3c(Cl)c(OC)cc(OC)c3Cl)cc3cnc(Nc4ccccc4)nc32)CC1. The quantitative estimate of drug-likeness (QED) is 0.229. The lowest BCUT2D eigenvalue weighted by atomic mass is 10.0. The van der Waals surface area contributed by atoms with Crippen LogP contribution in [0.2, 0.25) is 10.0 Å². The van der Waals surface area contributed by atoms with Crippen molar-refractivity contribution in [2.75, 3.05) is 39.2 Å². The molecule has 2 aromatic carbocycles. The fourth-order valence-corrected chi connectivity index (χ4v) is 5.89. The van der Waals surface area contributed by atoms with Gasteiger partial charge in [0, 0.05) is 61.1 Å². The number of methoxy groups -OCH3 is 2. The number of amides is 1. The topological polar surface area (TPSA) is 111 Å². The third-order valence-corrected chi connectivity index (χ3v) is 8.21. The molecule has 12 heteroatoms. The second-order valence-electron chi connectivity index (χ2n) is 10.1. The Labute approximate surface area is 259 Å². The molecule has 1 aliphatic heterocycles. The maximum Gasteiger partial charge on any atom is 0.260 e. The van der Waals surface area contributed by atoms with Crippen molar-refractivity contribution in [1.82, 2.24) is 24.8 Å². The van der Waals surface area contributed by atoms with Gasteiger partial charge in [-0.3, -0.25) is 14.2 Å². The molecule has 1 fully saturated rings. The summed E-state index contributed by atoms with van der Waals surface area (Å²) in [5, 5.41) is 7.20. The monoisotopic (exact) mass is 622 g/mol. The molecule has 0 aliphatic carbocycles. The summed E-state index contributed by atoms with van der Waals surface area (Å²) in [5.74, 6) is 0.847. The number of carbonyl (C=O) groups is 1. The molecule has 5 rings (SSSR count). The first-order chi connectivity index (χ1) is 20.8. The lowest BCUT2D eigenvalue weighted by molar-refractivity contribution is -0.117. The maximum absolute atomic E-state index is 14.2. The predicted molar refractivity (Wildman–Crippen MR) is 170 cm³/mol. The zero-order valence-electron chi connectivity index (χ0n) is 23.9. The van der Waals surface area contributed by atoms with Gasteiger partial charge in [-0.15, -0.1) is 0 Å². The van der Waals surface area contributed by atoms with Crippen LogP contribution in [-0.2, 0) is 11.3 Å². The standard InChI is InChI=1S/C31H32Cl2N6O4/c1-4-25(40)35-21-10-12-38(13-11-21)14-15-39-29-19(18-34-31(37-29)36-20-8-6-5-7-9-20)16-22(30(39)41)26-27(32)23(42-2)17-24(43-3)28(26)33/h4-9,16-18,21H,1,10-15H2,2-3H3,(H,35,40)(H,34,36,37). The second kappa shape index (κ2) is 13.5. The van der Waals surface area contributed by atoms with Gasteiger partial charge in [0.05, 0.1) is 29.8 Å². The highest BCUT2D eigenvalue weighted by atomic mass is 35.5. The summed E-state index contributed by atoms with van der Waals surface area (Å²) in [6, 6.07) is 12.9. The molecule has 0 radical (unpaired) electrons. The molecule has 1 amide bonds. The highest BCUT2D eigenvalue weighted by molar-refractivity contribution is 6.41. The second-order valence-corrected chi connectivity index (χ2v) is 10.8. The molecule has 3 heterocycles. The summed E-state index contributed by atoms with van der Waals surface area (Å²) in [4.78, 5) is 37.5. The molecule has 0 spiro atoms. The predicted octanol–water partition coefficient (Wildman–Crippen LogP) is 5.29. The average molecular weight is 624 g/mol. The molecule has 1 aliphatic rings. The van der Waals surface area contributed by atoms with Crippen LogP contribution in [-0.4, -0.2) is 65.2 Å². The molecule has 224 valence electrons. The van der Waals surface area contributed by atoms with Gasteiger partial charge in [0.1, 0.15) is 17.1 Å². The van der Waals surface area contributed by atoms with E-state index in [1.54, 1.807) is 22.9 Å². The number of hydrogen-bond donors (Lipinski definition) is 2. The van der Waals surface area contributed by atoms with Gasteiger partial charge in [-0.25, -0.2) is 4.98 Å². The number of ether oxygens (including phenoxy) is 2. The summed E-state index contributed by atoms with van der Waals surface area (Å²) in [7, 11) is 2.97. The van der Waals surface area contributed by atoms with Crippen LogP contribution in [0.15, 0.2) is 66.1 Å². The van der Waals surface area contributed by atoms with Gasteiger partial charge in [-0.2, -0.15) is 4.98 Å². The van der Waals surface area contributed by atoms with E-state index in [9.17, 15) is 9.59 Å². The minimum Gasteiger partial charge on any atom is -0.495 e. The first-order valence-corrected chi connectivity index (χ1v) is 14.6. The molecule has 0 bridgehead atoms. The minimum absolute atomic E-state index is 0.0975. The zero-order valence-corrected chi connectivity index (χ0v) is 25.4. The van der Waals surface area contributed by atoms with Crippen LogP contribution < -0.4 is 25.7 Å². The molecule has 4 aromatic rings. The van der Waals surface area contributed by atoms with Crippen LogP contribution in [0.25, 0.3) is 22.2 Å². The van der Waals surface area contributed by atoms with E-state index in [0.717, 1.165) is 31.6 Å². The van der Waals surface area contributed by atoms with Gasteiger partial charge < -0.3 is 25.0 Å². The van der Waals surface area contributed by atoms with Crippen LogP contribution >= 0.6 is 23.2 Å². The molecular weight excluding hydrogens is 591 g/mol. The molecule has 2 N–H and O–H groups in total. The Kier molecular flexibility index (Phi) is 9.49. The Hall–Kier alpha value is -4.12. The lowest BCUT2D eigenvalue weighted by Crippen LogP contribution is -2.45. The number of pyridine rings is 1. The van der Waals surface area contributed by atoms with Crippen molar-refractivity contribution in [3.8, 4) is 22.6 Å². The number of rotatable bonds is 10. The van der Waals surface area contributed by atoms with Crippen molar-refractivity contribution >= 4 is 51.8 Å². The fourth-order valence-electron chi connectivity index (χ4n) is 5.18. The number of piperidine rings is 1. The average Bonchev–Trinajstić information content (AvgIpc) is 3.02. The first kappa shape index (κ1) is 30.3. The number of anilines is 2. The number of carbonyl (C=O) groups excluding carboxylic acids is 1. The van der Waals surface area contributed by atoms with Crippen LogP contribution in [0.4, 0.5) is 11.6 Å². The van der Waals surface area contributed by atoms with E-state index in [0.29, 0.717) is 47.1 Å². The number of hydrogen-bond acceptors (Lipinski definition) is 8. The van der Waals surface area contributed by atoms with Gasteiger partial charge in [-0.1, -0.05) is 48.0 Å². The Morgan fingerprint density at radius 3 is 2.37 bits per heavy atom. The van der Waals surface area contributed by atoms with Crippen LogP contribution in [0, 0.1) is 0 Å². The van der Waals surface area contributed by atoms with Crippen molar-refractivity contribution in [2.24, 2.45) is 0 Å². The zero-order chi connectivity index (χ0) is 30.5. The molecule has 10 nitrogen and oxygen atoms in total. The Morgan fingerprint density at radius 2 is 1.74 bits per heavy atom. The van der Waals surface area contributed by atoms with Crippen molar-refractivity contribution in [3.05, 3.63) is 81.7 Å². The third-order valence-electron chi connectivity index (χ3n) is 7.46. The van der Waals surface area contributed by atoms with E-state index in [4.69, 9.17) is 37.7 Å². The molecular formula is C31H32Cl2N6O4. The van der Waals surface area contributed by atoms with E-state index in [2.05, 4.69) is 27.1 Å². The van der Waals surface area contributed by atoms with Crippen molar-refractivity contribution in [1.29, 1.82) is 0 Å². The van der Waals surface area contributed by atoms with Gasteiger partial charge in [-0.05, 0) is 37.1 Å². The Balaban J connectivity index is 1.55. The minimum atomic E-state index is -0.316.